The molecule has 0 spiro atoms. The SMILES string of the molecule is CCCCOc1cccc(C2/C(=C(\O)c3ccc(C)cc3)C(=O)C(=O)N2c2nc(C)c(C(=O)OC)s2)c1. The van der Waals surface area contributed by atoms with Gasteiger partial charge in [-0.15, -0.1) is 0 Å². The first kappa shape index (κ1) is 26.1. The Morgan fingerprint density at radius 3 is 2.54 bits per heavy atom. The van der Waals surface area contributed by atoms with Crippen LogP contribution in [0, 0.1) is 13.8 Å². The minimum Gasteiger partial charge on any atom is -0.507 e. The molecule has 0 radical (unpaired) electrons. The Balaban J connectivity index is 1.89. The molecule has 1 atom stereocenters. The van der Waals surface area contributed by atoms with E-state index in [2.05, 4.69) is 11.9 Å². The minimum absolute atomic E-state index is 0.0629. The number of hydrogen-bond donors (Lipinski definition) is 1. The van der Waals surface area contributed by atoms with Gasteiger partial charge in [-0.25, -0.2) is 9.78 Å². The summed E-state index contributed by atoms with van der Waals surface area (Å²) in [5.74, 6) is -1.98. The van der Waals surface area contributed by atoms with Crippen molar-refractivity contribution in [3.05, 3.63) is 81.4 Å². The zero-order valence-corrected chi connectivity index (χ0v) is 21.9. The lowest BCUT2D eigenvalue weighted by molar-refractivity contribution is -0.132. The highest BCUT2D eigenvalue weighted by molar-refractivity contribution is 7.17. The van der Waals surface area contributed by atoms with Gasteiger partial charge in [0, 0.05) is 5.56 Å². The van der Waals surface area contributed by atoms with Crippen LogP contribution in [0.5, 0.6) is 5.75 Å². The highest BCUT2D eigenvalue weighted by Crippen LogP contribution is 2.44. The second-order valence-corrected chi connectivity index (χ2v) is 9.69. The van der Waals surface area contributed by atoms with Crippen molar-refractivity contribution < 1.29 is 29.0 Å². The summed E-state index contributed by atoms with van der Waals surface area (Å²) in [6, 6.07) is 13.1. The zero-order chi connectivity index (χ0) is 26.7. The number of aliphatic hydroxyl groups is 1. The summed E-state index contributed by atoms with van der Waals surface area (Å²) >= 11 is 0.958. The van der Waals surface area contributed by atoms with Gasteiger partial charge in [-0.3, -0.25) is 14.5 Å². The number of methoxy groups -OCH3 is 1. The average molecular weight is 521 g/mol. The van der Waals surface area contributed by atoms with E-state index in [4.69, 9.17) is 9.47 Å². The molecule has 2 aromatic carbocycles. The maximum atomic E-state index is 13.4. The van der Waals surface area contributed by atoms with E-state index in [1.807, 2.05) is 19.1 Å². The number of amides is 1. The molecule has 2 heterocycles. The van der Waals surface area contributed by atoms with Gasteiger partial charge in [0.15, 0.2) is 5.13 Å². The number of ketones is 1. The number of nitrogens with zero attached hydrogens (tertiary/aromatic N) is 2. The van der Waals surface area contributed by atoms with Crippen LogP contribution >= 0.6 is 11.3 Å². The van der Waals surface area contributed by atoms with Crippen LogP contribution in [-0.2, 0) is 14.3 Å². The van der Waals surface area contributed by atoms with Gasteiger partial charge in [-0.05, 0) is 38.0 Å². The third-order valence-electron chi connectivity index (χ3n) is 6.07. The number of carbonyl (C=O) groups excluding carboxylic acids is 3. The maximum Gasteiger partial charge on any atom is 0.350 e. The van der Waals surface area contributed by atoms with Gasteiger partial charge in [0.2, 0.25) is 0 Å². The first-order valence-corrected chi connectivity index (χ1v) is 12.7. The minimum atomic E-state index is -0.980. The van der Waals surface area contributed by atoms with Crippen molar-refractivity contribution in [3.8, 4) is 5.75 Å². The second kappa shape index (κ2) is 11.0. The first-order valence-electron chi connectivity index (χ1n) is 11.9. The molecule has 1 fully saturated rings. The van der Waals surface area contributed by atoms with E-state index in [0.29, 0.717) is 29.2 Å². The van der Waals surface area contributed by atoms with E-state index in [-0.39, 0.29) is 21.3 Å². The molecular weight excluding hydrogens is 492 g/mol. The predicted octanol–water partition coefficient (Wildman–Crippen LogP) is 5.35. The molecular formula is C28H28N2O6S. The largest absolute Gasteiger partial charge is 0.507 e. The summed E-state index contributed by atoms with van der Waals surface area (Å²) in [7, 11) is 1.26. The topological polar surface area (TPSA) is 106 Å². The van der Waals surface area contributed by atoms with E-state index in [1.54, 1.807) is 43.3 Å². The summed E-state index contributed by atoms with van der Waals surface area (Å²) in [4.78, 5) is 44.9. The predicted molar refractivity (Wildman–Crippen MR) is 141 cm³/mol. The summed E-state index contributed by atoms with van der Waals surface area (Å²) in [6.45, 7) is 6.14. The second-order valence-electron chi connectivity index (χ2n) is 8.71. The molecule has 37 heavy (non-hydrogen) atoms. The number of aliphatic hydroxyl groups excluding tert-OH is 1. The van der Waals surface area contributed by atoms with Gasteiger partial charge in [-0.1, -0.05) is 66.6 Å². The van der Waals surface area contributed by atoms with Gasteiger partial charge < -0.3 is 14.6 Å². The molecule has 8 nitrogen and oxygen atoms in total. The number of hydrogen-bond acceptors (Lipinski definition) is 8. The summed E-state index contributed by atoms with van der Waals surface area (Å²) in [5.41, 5.74) is 2.28. The number of anilines is 1. The third-order valence-corrected chi connectivity index (χ3v) is 7.21. The highest BCUT2D eigenvalue weighted by atomic mass is 32.1. The van der Waals surface area contributed by atoms with E-state index in [9.17, 15) is 19.5 Å². The average Bonchev–Trinajstić information content (AvgIpc) is 3.40. The summed E-state index contributed by atoms with van der Waals surface area (Å²) < 4.78 is 10.7. The van der Waals surface area contributed by atoms with Crippen LogP contribution in [0.1, 0.15) is 57.9 Å². The molecule has 192 valence electrons. The van der Waals surface area contributed by atoms with Crippen LogP contribution in [0.25, 0.3) is 5.76 Å². The van der Waals surface area contributed by atoms with Crippen molar-refractivity contribution in [2.45, 2.75) is 39.7 Å². The Labute approximate surface area is 219 Å². The third kappa shape index (κ3) is 5.13. The first-order chi connectivity index (χ1) is 17.8. The van der Waals surface area contributed by atoms with Crippen LogP contribution in [0.3, 0.4) is 0 Å². The van der Waals surface area contributed by atoms with Crippen molar-refractivity contribution in [3.63, 3.8) is 0 Å². The van der Waals surface area contributed by atoms with Gasteiger partial charge in [0.1, 0.15) is 16.4 Å². The lowest BCUT2D eigenvalue weighted by Gasteiger charge is -2.23. The van der Waals surface area contributed by atoms with Crippen molar-refractivity contribution in [1.29, 1.82) is 0 Å². The van der Waals surface area contributed by atoms with E-state index in [0.717, 1.165) is 29.7 Å². The molecule has 1 aliphatic heterocycles. The van der Waals surface area contributed by atoms with Gasteiger partial charge in [0.25, 0.3) is 5.78 Å². The normalized spacial score (nSPS) is 16.8. The molecule has 4 rings (SSSR count). The van der Waals surface area contributed by atoms with Gasteiger partial charge in [-0.2, -0.15) is 0 Å². The molecule has 1 saturated heterocycles. The molecule has 0 saturated carbocycles. The Hall–Kier alpha value is -3.98. The number of rotatable bonds is 8. The van der Waals surface area contributed by atoms with Gasteiger partial charge >= 0.3 is 11.9 Å². The number of esters is 1. The van der Waals surface area contributed by atoms with Crippen LogP contribution in [-0.4, -0.2) is 41.5 Å². The molecule has 1 aromatic heterocycles. The van der Waals surface area contributed by atoms with Crippen molar-refractivity contribution >= 4 is 39.9 Å². The molecule has 1 amide bonds. The number of unbranched alkanes of at least 4 members (excludes halogenated alkanes) is 1. The number of benzene rings is 2. The van der Waals surface area contributed by atoms with Gasteiger partial charge in [0.05, 0.1) is 31.0 Å². The molecule has 1 aliphatic rings. The monoisotopic (exact) mass is 520 g/mol. The smallest absolute Gasteiger partial charge is 0.350 e. The maximum absolute atomic E-state index is 13.4. The van der Waals surface area contributed by atoms with Crippen LogP contribution < -0.4 is 9.64 Å². The standard InChI is InChI=1S/C28H28N2O6S/c1-5-6-14-36-20-9-7-8-19(15-20)22-21(23(31)18-12-10-16(2)11-13-18)24(32)26(33)30(22)28-29-17(3)25(37-28)27(34)35-4/h7-13,15,22,31H,5-6,14H2,1-4H3/b23-21+. The van der Waals surface area contributed by atoms with E-state index < -0.39 is 23.7 Å². The fourth-order valence-electron chi connectivity index (χ4n) is 4.09. The number of Topliss-reactive ketones (excluding diaryl/α,β-unsaturated/α-hetero) is 1. The molecule has 9 heteroatoms. The Morgan fingerprint density at radius 1 is 1.14 bits per heavy atom. The number of thiazole rings is 1. The van der Waals surface area contributed by atoms with E-state index in [1.165, 1.54) is 12.0 Å². The molecule has 0 bridgehead atoms. The number of aryl methyl sites for hydroxylation is 2. The fourth-order valence-corrected chi connectivity index (χ4v) is 5.10. The summed E-state index contributed by atoms with van der Waals surface area (Å²) in [6.07, 6.45) is 1.85. The molecule has 1 unspecified atom stereocenters. The number of ether oxygens (including phenoxy) is 2. The van der Waals surface area contributed by atoms with Crippen LogP contribution in [0.2, 0.25) is 0 Å². The number of aromatic nitrogens is 1. The Kier molecular flexibility index (Phi) is 7.73. The molecule has 3 aromatic rings. The summed E-state index contributed by atoms with van der Waals surface area (Å²) in [5, 5.41) is 11.4. The fraction of sp³-hybridized carbons (Fsp3) is 0.286. The molecule has 0 aliphatic carbocycles. The Morgan fingerprint density at radius 2 is 1.86 bits per heavy atom. The highest BCUT2D eigenvalue weighted by Gasteiger charge is 2.48. The van der Waals surface area contributed by atoms with E-state index >= 15 is 0 Å². The lowest BCUT2D eigenvalue weighted by atomic mass is 9.95. The number of carbonyl (C=O) groups is 3. The Bertz CT molecular complexity index is 1380. The zero-order valence-electron chi connectivity index (χ0n) is 21.1. The van der Waals surface area contributed by atoms with Crippen LogP contribution in [0.4, 0.5) is 5.13 Å². The van der Waals surface area contributed by atoms with Crippen molar-refractivity contribution in [2.75, 3.05) is 18.6 Å². The van der Waals surface area contributed by atoms with Crippen LogP contribution in [0.15, 0.2) is 54.1 Å². The quantitative estimate of drug-likeness (QED) is 0.140. The lowest BCUT2D eigenvalue weighted by Crippen LogP contribution is -2.29. The van der Waals surface area contributed by atoms with Crippen molar-refractivity contribution in [1.82, 2.24) is 4.98 Å². The molecule has 1 N–H and O–H groups in total. The van der Waals surface area contributed by atoms with Crippen molar-refractivity contribution in [2.24, 2.45) is 0 Å².